The van der Waals surface area contributed by atoms with Gasteiger partial charge in [-0.3, -0.25) is 9.52 Å². The van der Waals surface area contributed by atoms with Crippen LogP contribution < -0.4 is 19.1 Å². The van der Waals surface area contributed by atoms with E-state index in [-0.39, 0.29) is 16.9 Å². The molecule has 1 atom stereocenters. The smallest absolute Gasteiger partial charge is 0.261 e. The van der Waals surface area contributed by atoms with Gasteiger partial charge in [0.1, 0.15) is 17.6 Å². The highest BCUT2D eigenvalue weighted by Crippen LogP contribution is 2.36. The molecule has 1 N–H and O–H groups in total. The van der Waals surface area contributed by atoms with Crippen LogP contribution in [0.2, 0.25) is 0 Å². The van der Waals surface area contributed by atoms with Crippen molar-refractivity contribution in [2.45, 2.75) is 38.7 Å². The number of carbonyl (C=O) groups is 1. The lowest BCUT2D eigenvalue weighted by atomic mass is 10.2. The minimum absolute atomic E-state index is 0.0563. The summed E-state index contributed by atoms with van der Waals surface area (Å²) in [6.07, 6.45) is -0.164. The number of carbonyl (C=O) groups excluding carboxylic acids is 1. The molecule has 0 fully saturated rings. The Labute approximate surface area is 171 Å². The van der Waals surface area contributed by atoms with Crippen molar-refractivity contribution in [2.75, 3.05) is 22.8 Å². The Balaban J connectivity index is 1.81. The van der Waals surface area contributed by atoms with Crippen LogP contribution in [0.5, 0.6) is 11.5 Å². The van der Waals surface area contributed by atoms with E-state index < -0.39 is 10.0 Å². The highest BCUT2D eigenvalue weighted by atomic mass is 32.2. The van der Waals surface area contributed by atoms with Gasteiger partial charge in [-0.05, 0) is 55.3 Å². The van der Waals surface area contributed by atoms with E-state index in [0.717, 1.165) is 0 Å². The second kappa shape index (κ2) is 8.32. The van der Waals surface area contributed by atoms with Crippen LogP contribution in [0.3, 0.4) is 0 Å². The summed E-state index contributed by atoms with van der Waals surface area (Å²) in [7, 11) is -3.83. The molecule has 0 saturated heterocycles. The Morgan fingerprint density at radius 2 is 1.93 bits per heavy atom. The van der Waals surface area contributed by atoms with Crippen LogP contribution in [0.4, 0.5) is 11.4 Å². The van der Waals surface area contributed by atoms with Crippen molar-refractivity contribution in [3.63, 3.8) is 0 Å². The van der Waals surface area contributed by atoms with Gasteiger partial charge in [-0.15, -0.1) is 0 Å². The molecule has 1 unspecified atom stereocenters. The molecular formula is C21H26N2O5S. The Morgan fingerprint density at radius 3 is 2.55 bits per heavy atom. The molecule has 2 aromatic carbocycles. The molecule has 0 spiro atoms. The number of hydrogen-bond acceptors (Lipinski definition) is 5. The first-order chi connectivity index (χ1) is 13.7. The van der Waals surface area contributed by atoms with Crippen molar-refractivity contribution in [1.29, 1.82) is 0 Å². The minimum atomic E-state index is -3.83. The first-order valence-electron chi connectivity index (χ1n) is 9.50. The SMILES string of the molecule is CC(=O)N1CC(C)Oc2ccc(S(=O)(=O)Nc3ccc(OCC(C)C)cc3)cc21. The zero-order chi connectivity index (χ0) is 21.2. The predicted molar refractivity (Wildman–Crippen MR) is 112 cm³/mol. The Morgan fingerprint density at radius 1 is 1.24 bits per heavy atom. The quantitative estimate of drug-likeness (QED) is 0.774. The number of anilines is 2. The number of nitrogens with zero attached hydrogens (tertiary/aromatic N) is 1. The van der Waals surface area contributed by atoms with Gasteiger partial charge in [0, 0.05) is 12.6 Å². The van der Waals surface area contributed by atoms with Gasteiger partial charge >= 0.3 is 0 Å². The third-order valence-electron chi connectivity index (χ3n) is 4.37. The van der Waals surface area contributed by atoms with Crippen LogP contribution in [0.15, 0.2) is 47.4 Å². The molecule has 1 aliphatic rings. The standard InChI is InChI=1S/C21H26N2O5S/c1-14(2)13-27-18-7-5-17(6-8-18)22-29(25,26)19-9-10-21-20(11-19)23(16(4)24)12-15(3)28-21/h5-11,14-15,22H,12-13H2,1-4H3. The highest BCUT2D eigenvalue weighted by molar-refractivity contribution is 7.92. The van der Waals surface area contributed by atoms with Crippen molar-refractivity contribution in [3.8, 4) is 11.5 Å². The number of fused-ring (bicyclic) bond motifs is 1. The number of rotatable bonds is 6. The minimum Gasteiger partial charge on any atom is -0.493 e. The molecule has 1 aliphatic heterocycles. The third kappa shape index (κ3) is 5.00. The van der Waals surface area contributed by atoms with E-state index in [1.807, 2.05) is 6.92 Å². The average molecular weight is 419 g/mol. The van der Waals surface area contributed by atoms with Crippen LogP contribution >= 0.6 is 0 Å². The molecule has 8 heteroatoms. The fraction of sp³-hybridized carbons (Fsp3) is 0.381. The van der Waals surface area contributed by atoms with Crippen molar-refractivity contribution in [1.82, 2.24) is 0 Å². The van der Waals surface area contributed by atoms with Crippen molar-refractivity contribution in [2.24, 2.45) is 5.92 Å². The van der Waals surface area contributed by atoms with Crippen molar-refractivity contribution < 1.29 is 22.7 Å². The van der Waals surface area contributed by atoms with Gasteiger partial charge in [-0.2, -0.15) is 0 Å². The number of ether oxygens (including phenoxy) is 2. The third-order valence-corrected chi connectivity index (χ3v) is 5.75. The molecule has 0 aromatic heterocycles. The molecule has 3 rings (SSSR count). The predicted octanol–water partition coefficient (Wildman–Crippen LogP) is 3.66. The van der Waals surface area contributed by atoms with Gasteiger partial charge < -0.3 is 14.4 Å². The second-order valence-electron chi connectivity index (χ2n) is 7.52. The molecule has 2 aromatic rings. The van der Waals surface area contributed by atoms with Gasteiger partial charge in [0.05, 0.1) is 23.7 Å². The average Bonchev–Trinajstić information content (AvgIpc) is 2.66. The topological polar surface area (TPSA) is 84.9 Å². The summed E-state index contributed by atoms with van der Waals surface area (Å²) >= 11 is 0. The van der Waals surface area contributed by atoms with Gasteiger partial charge in [0.2, 0.25) is 5.91 Å². The Kier molecular flexibility index (Phi) is 6.02. The molecular weight excluding hydrogens is 392 g/mol. The zero-order valence-corrected chi connectivity index (χ0v) is 17.8. The second-order valence-corrected chi connectivity index (χ2v) is 9.20. The molecule has 0 radical (unpaired) electrons. The molecule has 1 heterocycles. The molecule has 1 amide bonds. The van der Waals surface area contributed by atoms with Gasteiger partial charge in [0.25, 0.3) is 10.0 Å². The first-order valence-corrected chi connectivity index (χ1v) is 11.0. The maximum absolute atomic E-state index is 12.8. The molecule has 29 heavy (non-hydrogen) atoms. The van der Waals surface area contributed by atoms with Gasteiger partial charge in [-0.1, -0.05) is 13.8 Å². The number of sulfonamides is 1. The normalized spacial score (nSPS) is 16.2. The highest BCUT2D eigenvalue weighted by Gasteiger charge is 2.27. The van der Waals surface area contributed by atoms with Crippen LogP contribution in [-0.4, -0.2) is 33.6 Å². The molecule has 7 nitrogen and oxygen atoms in total. The molecule has 0 bridgehead atoms. The number of benzene rings is 2. The number of nitrogens with one attached hydrogen (secondary N) is 1. The maximum atomic E-state index is 12.8. The maximum Gasteiger partial charge on any atom is 0.261 e. The van der Waals surface area contributed by atoms with E-state index in [1.165, 1.54) is 24.0 Å². The van der Waals surface area contributed by atoms with Crippen LogP contribution in [0.25, 0.3) is 0 Å². The summed E-state index contributed by atoms with van der Waals surface area (Å²) in [6, 6.07) is 11.3. The number of hydrogen-bond donors (Lipinski definition) is 1. The van der Waals surface area contributed by atoms with Crippen LogP contribution in [-0.2, 0) is 14.8 Å². The first kappa shape index (κ1) is 21.0. The fourth-order valence-corrected chi connectivity index (χ4v) is 4.06. The van der Waals surface area contributed by atoms with E-state index in [0.29, 0.717) is 41.9 Å². The summed E-state index contributed by atoms with van der Waals surface area (Å²) in [4.78, 5) is 13.6. The number of amides is 1. The Hall–Kier alpha value is -2.74. The zero-order valence-electron chi connectivity index (χ0n) is 17.0. The lowest BCUT2D eigenvalue weighted by Gasteiger charge is -2.33. The van der Waals surface area contributed by atoms with E-state index in [9.17, 15) is 13.2 Å². The fourth-order valence-electron chi connectivity index (χ4n) is 2.98. The van der Waals surface area contributed by atoms with E-state index >= 15 is 0 Å². The molecule has 156 valence electrons. The summed E-state index contributed by atoms with van der Waals surface area (Å²) in [5, 5.41) is 0. The molecule has 0 saturated carbocycles. The van der Waals surface area contributed by atoms with Crippen LogP contribution in [0, 0.1) is 5.92 Å². The lowest BCUT2D eigenvalue weighted by Crippen LogP contribution is -2.41. The van der Waals surface area contributed by atoms with Gasteiger partial charge in [-0.25, -0.2) is 8.42 Å². The van der Waals surface area contributed by atoms with E-state index in [2.05, 4.69) is 18.6 Å². The lowest BCUT2D eigenvalue weighted by molar-refractivity contribution is -0.117. The van der Waals surface area contributed by atoms with E-state index in [1.54, 1.807) is 30.3 Å². The summed E-state index contributed by atoms with van der Waals surface area (Å²) in [5.41, 5.74) is 0.879. The van der Waals surface area contributed by atoms with Crippen molar-refractivity contribution in [3.05, 3.63) is 42.5 Å². The van der Waals surface area contributed by atoms with Gasteiger partial charge in [0.15, 0.2) is 0 Å². The summed E-state index contributed by atoms with van der Waals surface area (Å²) in [6.45, 7) is 8.38. The molecule has 0 aliphatic carbocycles. The van der Waals surface area contributed by atoms with Crippen molar-refractivity contribution >= 4 is 27.3 Å². The summed E-state index contributed by atoms with van der Waals surface area (Å²) in [5.74, 6) is 1.41. The van der Waals surface area contributed by atoms with E-state index in [4.69, 9.17) is 9.47 Å². The monoisotopic (exact) mass is 418 g/mol. The largest absolute Gasteiger partial charge is 0.493 e. The van der Waals surface area contributed by atoms with Crippen LogP contribution in [0.1, 0.15) is 27.7 Å². The Bertz CT molecular complexity index is 987. The summed E-state index contributed by atoms with van der Waals surface area (Å²) < 4.78 is 39.6.